The van der Waals surface area contributed by atoms with Crippen molar-refractivity contribution in [3.05, 3.63) is 41.0 Å². The predicted octanol–water partition coefficient (Wildman–Crippen LogP) is 3.25. The molecule has 0 saturated carbocycles. The molecule has 1 aromatic heterocycles. The lowest BCUT2D eigenvalue weighted by Gasteiger charge is -2.22. The fraction of sp³-hybridized carbons (Fsp3) is 0.412. The van der Waals surface area contributed by atoms with Crippen molar-refractivity contribution < 1.29 is 9.18 Å². The molecule has 1 aromatic carbocycles. The summed E-state index contributed by atoms with van der Waals surface area (Å²) in [6.07, 6.45) is 1.20. The van der Waals surface area contributed by atoms with E-state index in [1.54, 1.807) is 27.4 Å². The maximum absolute atomic E-state index is 13.7. The molecule has 1 aliphatic heterocycles. The zero-order valence-electron chi connectivity index (χ0n) is 13.6. The highest BCUT2D eigenvalue weighted by Gasteiger charge is 2.24. The first kappa shape index (κ1) is 16.1. The predicted molar refractivity (Wildman–Crippen MR) is 90.5 cm³/mol. The Kier molecular flexibility index (Phi) is 4.43. The highest BCUT2D eigenvalue weighted by molar-refractivity contribution is 7.99. The molecular formula is C17H20FN3OS. The summed E-state index contributed by atoms with van der Waals surface area (Å²) in [5.74, 6) is 0.629. The summed E-state index contributed by atoms with van der Waals surface area (Å²) in [5.41, 5.74) is 3.53. The number of aromatic nitrogens is 2. The highest BCUT2D eigenvalue weighted by atomic mass is 32.2. The number of aryl methyl sites for hydroxylation is 2. The normalized spacial score (nSPS) is 14.5. The number of hydrogen-bond donors (Lipinski definition) is 0. The summed E-state index contributed by atoms with van der Waals surface area (Å²) in [6, 6.07) is 4.69. The summed E-state index contributed by atoms with van der Waals surface area (Å²) in [4.78, 5) is 15.6. The average molecular weight is 333 g/mol. The van der Waals surface area contributed by atoms with Gasteiger partial charge >= 0.3 is 0 Å². The van der Waals surface area contributed by atoms with Crippen molar-refractivity contribution in [3.8, 4) is 0 Å². The van der Waals surface area contributed by atoms with Gasteiger partial charge in [-0.2, -0.15) is 5.10 Å². The topological polar surface area (TPSA) is 38.1 Å². The van der Waals surface area contributed by atoms with Crippen molar-refractivity contribution in [2.75, 3.05) is 17.2 Å². The lowest BCUT2D eigenvalue weighted by molar-refractivity contribution is -0.118. The Balaban J connectivity index is 1.92. The molecule has 0 atom stereocenters. The van der Waals surface area contributed by atoms with Crippen LogP contribution in [0, 0.1) is 19.7 Å². The molecule has 0 unspecified atom stereocenters. The Labute approximate surface area is 139 Å². The third kappa shape index (κ3) is 3.13. The van der Waals surface area contributed by atoms with Crippen LogP contribution in [0.3, 0.4) is 0 Å². The molecule has 4 nitrogen and oxygen atoms in total. The molecule has 0 bridgehead atoms. The van der Waals surface area contributed by atoms with Gasteiger partial charge in [-0.05, 0) is 44.2 Å². The van der Waals surface area contributed by atoms with Gasteiger partial charge in [0.25, 0.3) is 0 Å². The van der Waals surface area contributed by atoms with Crippen molar-refractivity contribution in [2.24, 2.45) is 7.05 Å². The molecule has 122 valence electrons. The van der Waals surface area contributed by atoms with E-state index in [-0.39, 0.29) is 11.7 Å². The van der Waals surface area contributed by atoms with Crippen molar-refractivity contribution in [1.29, 1.82) is 0 Å². The lowest BCUT2D eigenvalue weighted by atomic mass is 10.1. The third-order valence-electron chi connectivity index (χ3n) is 4.28. The first-order valence-electron chi connectivity index (χ1n) is 7.69. The van der Waals surface area contributed by atoms with Crippen LogP contribution in [0.15, 0.2) is 23.1 Å². The van der Waals surface area contributed by atoms with Gasteiger partial charge in [0.15, 0.2) is 0 Å². The van der Waals surface area contributed by atoms with Crippen molar-refractivity contribution in [3.63, 3.8) is 0 Å². The summed E-state index contributed by atoms with van der Waals surface area (Å²) in [5, 5.41) is 4.37. The first-order chi connectivity index (χ1) is 11.0. The zero-order valence-corrected chi connectivity index (χ0v) is 14.4. The number of nitrogens with zero attached hydrogens (tertiary/aromatic N) is 3. The van der Waals surface area contributed by atoms with Crippen molar-refractivity contribution in [1.82, 2.24) is 9.78 Å². The van der Waals surface area contributed by atoms with Gasteiger partial charge in [0.05, 0.1) is 17.8 Å². The van der Waals surface area contributed by atoms with Crippen molar-refractivity contribution >= 4 is 23.4 Å². The van der Waals surface area contributed by atoms with Crippen LogP contribution < -0.4 is 4.90 Å². The number of amides is 1. The van der Waals surface area contributed by atoms with Gasteiger partial charge < -0.3 is 4.90 Å². The highest BCUT2D eigenvalue weighted by Crippen LogP contribution is 2.34. The number of benzene rings is 1. The third-order valence-corrected chi connectivity index (χ3v) is 5.43. The smallest absolute Gasteiger partial charge is 0.231 e. The maximum Gasteiger partial charge on any atom is 0.231 e. The van der Waals surface area contributed by atoms with Crippen LogP contribution >= 0.6 is 11.8 Å². The van der Waals surface area contributed by atoms with Crippen LogP contribution in [-0.2, 0) is 18.3 Å². The molecule has 0 spiro atoms. The van der Waals surface area contributed by atoms with E-state index < -0.39 is 0 Å². The van der Waals surface area contributed by atoms with E-state index in [0.29, 0.717) is 18.7 Å². The number of halogens is 1. The average Bonchev–Trinajstić information content (AvgIpc) is 2.69. The Morgan fingerprint density at radius 3 is 2.87 bits per heavy atom. The SMILES string of the molecule is Cc1nn(C)c(C)c1CC(=O)N1CCCSc2ccc(F)cc21. The maximum atomic E-state index is 13.7. The quantitative estimate of drug-likeness (QED) is 0.847. The van der Waals surface area contributed by atoms with E-state index in [1.165, 1.54) is 12.1 Å². The molecule has 2 heterocycles. The van der Waals surface area contributed by atoms with E-state index >= 15 is 0 Å². The molecule has 0 saturated heterocycles. The number of thioether (sulfide) groups is 1. The molecule has 2 aromatic rings. The zero-order chi connectivity index (χ0) is 16.6. The van der Waals surface area contributed by atoms with Crippen LogP contribution in [0.2, 0.25) is 0 Å². The summed E-state index contributed by atoms with van der Waals surface area (Å²) < 4.78 is 15.5. The first-order valence-corrected chi connectivity index (χ1v) is 8.67. The van der Waals surface area contributed by atoms with Crippen LogP contribution in [0.4, 0.5) is 10.1 Å². The molecular weight excluding hydrogens is 313 g/mol. The van der Waals surface area contributed by atoms with Crippen molar-refractivity contribution in [2.45, 2.75) is 31.6 Å². The number of hydrogen-bond acceptors (Lipinski definition) is 3. The van der Waals surface area contributed by atoms with E-state index in [1.807, 2.05) is 20.9 Å². The van der Waals surface area contributed by atoms with Crippen LogP contribution in [0.5, 0.6) is 0 Å². The monoisotopic (exact) mass is 333 g/mol. The molecule has 6 heteroatoms. The van der Waals surface area contributed by atoms with Gasteiger partial charge in [-0.15, -0.1) is 11.8 Å². The Hall–Kier alpha value is -1.82. The van der Waals surface area contributed by atoms with Crippen LogP contribution in [-0.4, -0.2) is 28.0 Å². The molecule has 0 fully saturated rings. The molecule has 0 aliphatic carbocycles. The standard InChI is InChI=1S/C17H20FN3OS/c1-11-14(12(2)20(3)19-11)10-17(22)21-7-4-8-23-16-6-5-13(18)9-15(16)21/h5-6,9H,4,7-8,10H2,1-3H3. The Morgan fingerprint density at radius 1 is 1.39 bits per heavy atom. The number of anilines is 1. The van der Waals surface area contributed by atoms with Gasteiger partial charge in [-0.3, -0.25) is 9.48 Å². The van der Waals surface area contributed by atoms with Gasteiger partial charge in [-0.25, -0.2) is 4.39 Å². The minimum atomic E-state index is -0.308. The second-order valence-electron chi connectivity index (χ2n) is 5.81. The van der Waals surface area contributed by atoms with Crippen LogP contribution in [0.1, 0.15) is 23.4 Å². The molecule has 0 radical (unpaired) electrons. The number of fused-ring (bicyclic) bond motifs is 1. The van der Waals surface area contributed by atoms with E-state index in [9.17, 15) is 9.18 Å². The Bertz CT molecular complexity index is 757. The number of rotatable bonds is 2. The number of carbonyl (C=O) groups is 1. The van der Waals surface area contributed by atoms with E-state index in [4.69, 9.17) is 0 Å². The van der Waals surface area contributed by atoms with Gasteiger partial charge in [0.2, 0.25) is 5.91 Å². The molecule has 3 rings (SSSR count). The summed E-state index contributed by atoms with van der Waals surface area (Å²) >= 11 is 1.68. The molecule has 1 amide bonds. The van der Waals surface area contributed by atoms with Gasteiger partial charge in [0, 0.05) is 29.7 Å². The van der Waals surface area contributed by atoms with Gasteiger partial charge in [0.1, 0.15) is 5.82 Å². The van der Waals surface area contributed by atoms with E-state index in [0.717, 1.165) is 34.0 Å². The minimum absolute atomic E-state index is 0.00134. The second-order valence-corrected chi connectivity index (χ2v) is 6.95. The van der Waals surface area contributed by atoms with E-state index in [2.05, 4.69) is 5.10 Å². The lowest BCUT2D eigenvalue weighted by Crippen LogP contribution is -2.33. The second kappa shape index (κ2) is 6.35. The summed E-state index contributed by atoms with van der Waals surface area (Å²) in [6.45, 7) is 4.51. The summed E-state index contributed by atoms with van der Waals surface area (Å²) in [7, 11) is 1.88. The fourth-order valence-corrected chi connectivity index (χ4v) is 3.90. The largest absolute Gasteiger partial charge is 0.311 e. The molecule has 23 heavy (non-hydrogen) atoms. The Morgan fingerprint density at radius 2 is 2.17 bits per heavy atom. The minimum Gasteiger partial charge on any atom is -0.311 e. The molecule has 0 N–H and O–H groups in total. The fourth-order valence-electron chi connectivity index (χ4n) is 2.93. The van der Waals surface area contributed by atoms with Crippen LogP contribution in [0.25, 0.3) is 0 Å². The van der Waals surface area contributed by atoms with Gasteiger partial charge in [-0.1, -0.05) is 0 Å². The number of carbonyl (C=O) groups excluding carboxylic acids is 1. The molecule has 1 aliphatic rings.